The molecule has 126 valence electrons. The fourth-order valence-electron chi connectivity index (χ4n) is 3.13. The maximum absolute atomic E-state index is 12.0. The monoisotopic (exact) mass is 326 g/mol. The Kier molecular flexibility index (Phi) is 4.76. The fourth-order valence-corrected chi connectivity index (χ4v) is 3.13. The van der Waals surface area contributed by atoms with E-state index in [1.807, 2.05) is 43.3 Å². The van der Waals surface area contributed by atoms with Gasteiger partial charge in [-0.15, -0.1) is 0 Å². The van der Waals surface area contributed by atoms with Crippen LogP contribution in [0.25, 0.3) is 11.3 Å². The van der Waals surface area contributed by atoms with Crippen molar-refractivity contribution in [3.8, 4) is 11.3 Å². The lowest BCUT2D eigenvalue weighted by atomic mass is 9.90. The van der Waals surface area contributed by atoms with Crippen LogP contribution in [0.15, 0.2) is 29.1 Å². The van der Waals surface area contributed by atoms with Gasteiger partial charge in [-0.3, -0.25) is 9.59 Å². The van der Waals surface area contributed by atoms with Gasteiger partial charge in [0.15, 0.2) is 0 Å². The topological polar surface area (TPSA) is 78.1 Å². The molecule has 1 aliphatic carbocycles. The molecule has 0 atom stereocenters. The second kappa shape index (κ2) is 6.97. The zero-order chi connectivity index (χ0) is 17.1. The maximum Gasteiger partial charge on any atom is 0.267 e. The van der Waals surface area contributed by atoms with Crippen LogP contribution in [0.4, 0.5) is 5.69 Å². The highest BCUT2D eigenvalue weighted by Gasteiger charge is 2.19. The third-order valence-corrected chi connectivity index (χ3v) is 4.18. The third-order valence-electron chi connectivity index (χ3n) is 4.18. The minimum absolute atomic E-state index is 0.0615. The molecule has 1 heterocycles. The van der Waals surface area contributed by atoms with Crippen molar-refractivity contribution in [3.63, 3.8) is 0 Å². The second-order valence-corrected chi connectivity index (χ2v) is 6.43. The standard InChI is InChI=1S/C18H22N4O2/c1-22(2)11-16(23)19-13-7-5-6-12(10-13)17-14-8-3-4-9-15(14)18(24)21-20-17/h5-7,10H,3-4,8-9,11H2,1-2H3,(H,19,23)(H,21,24). The Morgan fingerprint density at radius 1 is 1.25 bits per heavy atom. The SMILES string of the molecule is CN(C)CC(=O)Nc1cccc(-c2n[nH]c(=O)c3c2CCCC3)c1. The Bertz CT molecular complexity index is 811. The Labute approximate surface area is 140 Å². The maximum atomic E-state index is 12.0. The predicted octanol–water partition coefficient (Wildman–Crippen LogP) is 1.82. The van der Waals surface area contributed by atoms with Gasteiger partial charge < -0.3 is 10.2 Å². The van der Waals surface area contributed by atoms with E-state index in [9.17, 15) is 9.59 Å². The normalized spacial score (nSPS) is 13.6. The van der Waals surface area contributed by atoms with Gasteiger partial charge in [0.2, 0.25) is 5.91 Å². The summed E-state index contributed by atoms with van der Waals surface area (Å²) in [6.45, 7) is 0.330. The summed E-state index contributed by atoms with van der Waals surface area (Å²) in [5, 5.41) is 9.78. The predicted molar refractivity (Wildman–Crippen MR) is 94.1 cm³/mol. The van der Waals surface area contributed by atoms with Crippen LogP contribution in [0, 0.1) is 0 Å². The van der Waals surface area contributed by atoms with Crippen LogP contribution < -0.4 is 10.9 Å². The number of amides is 1. The number of fused-ring (bicyclic) bond motifs is 1. The van der Waals surface area contributed by atoms with Gasteiger partial charge in [-0.1, -0.05) is 12.1 Å². The number of aromatic nitrogens is 2. The molecule has 0 fully saturated rings. The first-order valence-corrected chi connectivity index (χ1v) is 8.20. The molecule has 2 aromatic rings. The molecule has 0 unspecified atom stereocenters. The van der Waals surface area contributed by atoms with Crippen molar-refractivity contribution in [2.45, 2.75) is 25.7 Å². The summed E-state index contributed by atoms with van der Waals surface area (Å²) in [7, 11) is 3.71. The highest BCUT2D eigenvalue weighted by Crippen LogP contribution is 2.28. The van der Waals surface area contributed by atoms with E-state index in [1.165, 1.54) is 0 Å². The number of hydrogen-bond acceptors (Lipinski definition) is 4. The summed E-state index contributed by atoms with van der Waals surface area (Å²) in [5.74, 6) is -0.0615. The van der Waals surface area contributed by atoms with E-state index in [-0.39, 0.29) is 11.5 Å². The number of aromatic amines is 1. The Balaban J connectivity index is 1.92. The molecule has 6 heteroatoms. The summed E-state index contributed by atoms with van der Waals surface area (Å²) in [6.07, 6.45) is 3.79. The Morgan fingerprint density at radius 3 is 2.75 bits per heavy atom. The van der Waals surface area contributed by atoms with Crippen LogP contribution >= 0.6 is 0 Å². The van der Waals surface area contributed by atoms with Crippen LogP contribution in [-0.4, -0.2) is 41.6 Å². The van der Waals surface area contributed by atoms with E-state index in [4.69, 9.17) is 0 Å². The number of benzene rings is 1. The Morgan fingerprint density at radius 2 is 2.00 bits per heavy atom. The van der Waals surface area contributed by atoms with Gasteiger partial charge in [0.25, 0.3) is 5.56 Å². The van der Waals surface area contributed by atoms with Crippen molar-refractivity contribution in [1.82, 2.24) is 15.1 Å². The van der Waals surface area contributed by atoms with Crippen molar-refractivity contribution in [2.24, 2.45) is 0 Å². The smallest absolute Gasteiger partial charge is 0.267 e. The lowest BCUT2D eigenvalue weighted by Crippen LogP contribution is -2.27. The van der Waals surface area contributed by atoms with Crippen molar-refractivity contribution in [2.75, 3.05) is 26.0 Å². The number of H-pyrrole nitrogens is 1. The van der Waals surface area contributed by atoms with E-state index in [1.54, 1.807) is 0 Å². The van der Waals surface area contributed by atoms with Gasteiger partial charge in [0, 0.05) is 16.8 Å². The number of hydrogen-bond donors (Lipinski definition) is 2. The number of rotatable bonds is 4. The largest absolute Gasteiger partial charge is 0.325 e. The summed E-state index contributed by atoms with van der Waals surface area (Å²) in [6, 6.07) is 7.61. The van der Waals surface area contributed by atoms with E-state index in [0.29, 0.717) is 6.54 Å². The summed E-state index contributed by atoms with van der Waals surface area (Å²) >= 11 is 0. The van der Waals surface area contributed by atoms with Gasteiger partial charge in [-0.05, 0) is 57.5 Å². The molecule has 1 aromatic carbocycles. The van der Waals surface area contributed by atoms with E-state index >= 15 is 0 Å². The molecule has 1 aliphatic rings. The molecular formula is C18H22N4O2. The highest BCUT2D eigenvalue weighted by molar-refractivity contribution is 5.92. The molecule has 1 amide bonds. The van der Waals surface area contributed by atoms with Crippen LogP contribution in [-0.2, 0) is 17.6 Å². The average molecular weight is 326 g/mol. The number of carbonyl (C=O) groups excluding carboxylic acids is 1. The Hall–Kier alpha value is -2.47. The average Bonchev–Trinajstić information content (AvgIpc) is 2.55. The molecule has 2 N–H and O–H groups in total. The van der Waals surface area contributed by atoms with Gasteiger partial charge in [0.1, 0.15) is 0 Å². The summed E-state index contributed by atoms with van der Waals surface area (Å²) in [5.41, 5.74) is 4.27. The number of nitrogens with zero attached hydrogens (tertiary/aromatic N) is 2. The zero-order valence-electron chi connectivity index (χ0n) is 14.1. The molecule has 3 rings (SSSR count). The quantitative estimate of drug-likeness (QED) is 0.898. The van der Waals surface area contributed by atoms with E-state index in [0.717, 1.165) is 53.8 Å². The van der Waals surface area contributed by atoms with Crippen LogP contribution in [0.1, 0.15) is 24.0 Å². The molecule has 6 nitrogen and oxygen atoms in total. The molecule has 0 aliphatic heterocycles. The van der Waals surface area contributed by atoms with E-state index in [2.05, 4.69) is 15.5 Å². The van der Waals surface area contributed by atoms with Crippen molar-refractivity contribution < 1.29 is 4.79 Å². The zero-order valence-corrected chi connectivity index (χ0v) is 14.1. The van der Waals surface area contributed by atoms with Crippen LogP contribution in [0.5, 0.6) is 0 Å². The van der Waals surface area contributed by atoms with E-state index < -0.39 is 0 Å². The first-order chi connectivity index (χ1) is 11.5. The highest BCUT2D eigenvalue weighted by atomic mass is 16.2. The third kappa shape index (κ3) is 3.54. The molecule has 0 saturated heterocycles. The van der Waals surface area contributed by atoms with Crippen molar-refractivity contribution >= 4 is 11.6 Å². The lowest BCUT2D eigenvalue weighted by Gasteiger charge is -2.18. The van der Waals surface area contributed by atoms with Gasteiger partial charge in [-0.25, -0.2) is 5.10 Å². The lowest BCUT2D eigenvalue weighted by molar-refractivity contribution is -0.116. The first kappa shape index (κ1) is 16.4. The fraction of sp³-hybridized carbons (Fsp3) is 0.389. The van der Waals surface area contributed by atoms with Gasteiger partial charge in [-0.2, -0.15) is 5.10 Å². The minimum atomic E-state index is -0.0797. The molecule has 24 heavy (non-hydrogen) atoms. The summed E-state index contributed by atoms with van der Waals surface area (Å²) < 4.78 is 0. The first-order valence-electron chi connectivity index (χ1n) is 8.20. The number of anilines is 1. The molecule has 0 bridgehead atoms. The van der Waals surface area contributed by atoms with Crippen molar-refractivity contribution in [1.29, 1.82) is 0 Å². The van der Waals surface area contributed by atoms with Crippen LogP contribution in [0.3, 0.4) is 0 Å². The summed E-state index contributed by atoms with van der Waals surface area (Å²) in [4.78, 5) is 25.7. The van der Waals surface area contributed by atoms with Crippen LogP contribution in [0.2, 0.25) is 0 Å². The molecule has 1 aromatic heterocycles. The molecule has 0 radical (unpaired) electrons. The minimum Gasteiger partial charge on any atom is -0.325 e. The van der Waals surface area contributed by atoms with Crippen molar-refractivity contribution in [3.05, 3.63) is 45.7 Å². The number of nitrogens with one attached hydrogen (secondary N) is 2. The molecule has 0 saturated carbocycles. The van der Waals surface area contributed by atoms with Gasteiger partial charge in [0.05, 0.1) is 12.2 Å². The number of carbonyl (C=O) groups is 1. The number of likely N-dealkylation sites (N-methyl/N-ethyl adjacent to an activating group) is 1. The second-order valence-electron chi connectivity index (χ2n) is 6.43. The van der Waals surface area contributed by atoms with Gasteiger partial charge >= 0.3 is 0 Å². The molecule has 0 spiro atoms. The molecular weight excluding hydrogens is 304 g/mol.